The number of hydrogen-bond donors (Lipinski definition) is 2. The van der Waals surface area contributed by atoms with Crippen LogP contribution in [0.15, 0.2) is 58.3 Å². The van der Waals surface area contributed by atoms with Gasteiger partial charge < -0.3 is 15.4 Å². The van der Waals surface area contributed by atoms with Gasteiger partial charge >= 0.3 is 0 Å². The van der Waals surface area contributed by atoms with Gasteiger partial charge in [-0.3, -0.25) is 4.79 Å². The summed E-state index contributed by atoms with van der Waals surface area (Å²) in [4.78, 5) is 12.6. The molecule has 1 fully saturated rings. The summed E-state index contributed by atoms with van der Waals surface area (Å²) in [6.07, 6.45) is 0. The fourth-order valence-corrected chi connectivity index (χ4v) is 5.27. The molecule has 1 saturated heterocycles. The van der Waals surface area contributed by atoms with E-state index in [1.54, 1.807) is 19.1 Å². The van der Waals surface area contributed by atoms with Crippen LogP contribution in [0.5, 0.6) is 0 Å². The van der Waals surface area contributed by atoms with E-state index in [4.69, 9.17) is 4.74 Å². The molecule has 1 amide bonds. The smallest absolute Gasteiger partial charge is 0.243 e. The first kappa shape index (κ1) is 23.2. The first-order chi connectivity index (χ1) is 14.7. The number of sulfonamides is 1. The van der Waals surface area contributed by atoms with Gasteiger partial charge in [0.15, 0.2) is 9.84 Å². The maximum Gasteiger partial charge on any atom is 0.243 e. The fraction of sp³-hybridized carbons (Fsp3) is 0.350. The summed E-state index contributed by atoms with van der Waals surface area (Å²) in [5.41, 5.74) is 1.08. The standard InChI is InChI=1S/C20H25N3O6S2/c1-2-30(25,26)18-7-3-16(4-8-18)21-15-20(24)22-17-5-9-19(10-6-17)31(27,28)23-11-13-29-14-12-23/h3-10,21H,2,11-15H2,1H3,(H,22,24). The highest BCUT2D eigenvalue weighted by atomic mass is 32.2. The van der Waals surface area contributed by atoms with Crippen molar-refractivity contribution in [1.82, 2.24) is 4.31 Å². The molecule has 31 heavy (non-hydrogen) atoms. The molecule has 2 N–H and O–H groups in total. The number of carbonyl (C=O) groups is 1. The molecule has 0 bridgehead atoms. The molecule has 11 heteroatoms. The van der Waals surface area contributed by atoms with Crippen LogP contribution < -0.4 is 10.6 Å². The van der Waals surface area contributed by atoms with Crippen molar-refractivity contribution < 1.29 is 26.4 Å². The Morgan fingerprint density at radius 2 is 1.45 bits per heavy atom. The molecule has 0 saturated carbocycles. The Morgan fingerprint density at radius 1 is 0.903 bits per heavy atom. The Kier molecular flexibility index (Phi) is 7.31. The second kappa shape index (κ2) is 9.77. The van der Waals surface area contributed by atoms with Crippen LogP contribution in [0, 0.1) is 0 Å². The van der Waals surface area contributed by atoms with Crippen molar-refractivity contribution in [1.29, 1.82) is 0 Å². The Balaban J connectivity index is 1.55. The lowest BCUT2D eigenvalue weighted by molar-refractivity contribution is -0.114. The summed E-state index contributed by atoms with van der Waals surface area (Å²) in [6, 6.07) is 12.2. The van der Waals surface area contributed by atoms with Crippen LogP contribution in [-0.2, 0) is 29.4 Å². The highest BCUT2D eigenvalue weighted by Gasteiger charge is 2.26. The van der Waals surface area contributed by atoms with Crippen molar-refractivity contribution in [3.8, 4) is 0 Å². The average molecular weight is 468 g/mol. The number of benzene rings is 2. The van der Waals surface area contributed by atoms with Crippen LogP contribution in [0.2, 0.25) is 0 Å². The quantitative estimate of drug-likeness (QED) is 0.604. The van der Waals surface area contributed by atoms with Crippen LogP contribution in [0.4, 0.5) is 11.4 Å². The van der Waals surface area contributed by atoms with E-state index in [0.29, 0.717) is 37.7 Å². The maximum absolute atomic E-state index is 12.6. The first-order valence-corrected chi connectivity index (χ1v) is 12.9. The molecule has 0 radical (unpaired) electrons. The van der Waals surface area contributed by atoms with Gasteiger partial charge in [-0.2, -0.15) is 4.31 Å². The molecule has 0 aliphatic carbocycles. The Bertz CT molecular complexity index is 1110. The molecular formula is C20H25N3O6S2. The first-order valence-electron chi connectivity index (χ1n) is 9.77. The minimum atomic E-state index is -3.58. The van der Waals surface area contributed by atoms with Crippen molar-refractivity contribution in [2.45, 2.75) is 16.7 Å². The molecule has 3 rings (SSSR count). The van der Waals surface area contributed by atoms with E-state index in [1.165, 1.54) is 40.7 Å². The third-order valence-corrected chi connectivity index (χ3v) is 8.46. The lowest BCUT2D eigenvalue weighted by Crippen LogP contribution is -2.40. The van der Waals surface area contributed by atoms with Gasteiger partial charge in [-0.05, 0) is 48.5 Å². The number of sulfone groups is 1. The number of amides is 1. The van der Waals surface area contributed by atoms with E-state index in [2.05, 4.69) is 10.6 Å². The van der Waals surface area contributed by atoms with Gasteiger partial charge in [-0.1, -0.05) is 6.92 Å². The van der Waals surface area contributed by atoms with E-state index >= 15 is 0 Å². The zero-order valence-electron chi connectivity index (χ0n) is 17.1. The number of carbonyl (C=O) groups excluding carboxylic acids is 1. The summed E-state index contributed by atoms with van der Waals surface area (Å²) in [5, 5.41) is 5.61. The van der Waals surface area contributed by atoms with Crippen molar-refractivity contribution in [2.24, 2.45) is 0 Å². The summed E-state index contributed by atoms with van der Waals surface area (Å²) in [5.74, 6) is -0.302. The number of rotatable bonds is 8. The van der Waals surface area contributed by atoms with E-state index in [-0.39, 0.29) is 28.0 Å². The molecule has 2 aromatic rings. The van der Waals surface area contributed by atoms with Crippen molar-refractivity contribution in [3.05, 3.63) is 48.5 Å². The van der Waals surface area contributed by atoms with Gasteiger partial charge in [0.25, 0.3) is 0 Å². The Hall–Kier alpha value is -2.47. The van der Waals surface area contributed by atoms with Crippen LogP contribution in [-0.4, -0.2) is 65.6 Å². The predicted octanol–water partition coefficient (Wildman–Crippen LogP) is 1.55. The van der Waals surface area contributed by atoms with Gasteiger partial charge in [0.1, 0.15) is 0 Å². The van der Waals surface area contributed by atoms with E-state index in [1.807, 2.05) is 0 Å². The summed E-state index contributed by atoms with van der Waals surface area (Å²) in [7, 11) is -6.85. The van der Waals surface area contributed by atoms with Crippen LogP contribution >= 0.6 is 0 Å². The van der Waals surface area contributed by atoms with Gasteiger partial charge in [-0.15, -0.1) is 0 Å². The average Bonchev–Trinajstić information content (AvgIpc) is 2.79. The molecule has 2 aromatic carbocycles. The monoisotopic (exact) mass is 467 g/mol. The van der Waals surface area contributed by atoms with Crippen LogP contribution in [0.25, 0.3) is 0 Å². The Labute approximate surface area is 182 Å². The molecule has 1 heterocycles. The third-order valence-electron chi connectivity index (χ3n) is 4.79. The predicted molar refractivity (Wildman–Crippen MR) is 117 cm³/mol. The molecule has 0 spiro atoms. The highest BCUT2D eigenvalue weighted by molar-refractivity contribution is 7.91. The number of morpholine rings is 1. The number of nitrogens with zero attached hydrogens (tertiary/aromatic N) is 1. The number of anilines is 2. The summed E-state index contributed by atoms with van der Waals surface area (Å²) >= 11 is 0. The molecule has 0 unspecified atom stereocenters. The molecule has 0 aromatic heterocycles. The lowest BCUT2D eigenvalue weighted by Gasteiger charge is -2.26. The largest absolute Gasteiger partial charge is 0.379 e. The van der Waals surface area contributed by atoms with E-state index < -0.39 is 19.9 Å². The van der Waals surface area contributed by atoms with E-state index in [0.717, 1.165) is 0 Å². The lowest BCUT2D eigenvalue weighted by atomic mass is 10.3. The maximum atomic E-state index is 12.6. The molecule has 1 aliphatic heterocycles. The van der Waals surface area contributed by atoms with Crippen LogP contribution in [0.3, 0.4) is 0 Å². The van der Waals surface area contributed by atoms with Gasteiger partial charge in [0.05, 0.1) is 35.3 Å². The van der Waals surface area contributed by atoms with E-state index in [9.17, 15) is 21.6 Å². The van der Waals surface area contributed by atoms with Crippen molar-refractivity contribution in [3.63, 3.8) is 0 Å². The molecule has 1 aliphatic rings. The summed E-state index contributed by atoms with van der Waals surface area (Å²) in [6.45, 7) is 2.93. The highest BCUT2D eigenvalue weighted by Crippen LogP contribution is 2.20. The van der Waals surface area contributed by atoms with Gasteiger partial charge in [-0.25, -0.2) is 16.8 Å². The molecule has 9 nitrogen and oxygen atoms in total. The minimum Gasteiger partial charge on any atom is -0.379 e. The zero-order chi connectivity index (χ0) is 22.5. The second-order valence-corrected chi connectivity index (χ2v) is 11.1. The molecular weight excluding hydrogens is 442 g/mol. The molecule has 168 valence electrons. The normalized spacial score (nSPS) is 15.4. The van der Waals surface area contributed by atoms with Crippen LogP contribution in [0.1, 0.15) is 6.92 Å². The summed E-state index contributed by atoms with van der Waals surface area (Å²) < 4.78 is 55.5. The van der Waals surface area contributed by atoms with Gasteiger partial charge in [0.2, 0.25) is 15.9 Å². The fourth-order valence-electron chi connectivity index (χ4n) is 2.98. The third kappa shape index (κ3) is 5.82. The van der Waals surface area contributed by atoms with Crippen molar-refractivity contribution in [2.75, 3.05) is 49.2 Å². The zero-order valence-corrected chi connectivity index (χ0v) is 18.7. The number of nitrogens with one attached hydrogen (secondary N) is 2. The SMILES string of the molecule is CCS(=O)(=O)c1ccc(NCC(=O)Nc2ccc(S(=O)(=O)N3CCOCC3)cc2)cc1. The number of ether oxygens (including phenoxy) is 1. The second-order valence-electron chi connectivity index (χ2n) is 6.87. The molecule has 0 atom stereocenters. The van der Waals surface area contributed by atoms with Gasteiger partial charge in [0, 0.05) is 24.5 Å². The van der Waals surface area contributed by atoms with Crippen molar-refractivity contribution >= 4 is 37.1 Å². The minimum absolute atomic E-state index is 0.0225. The topological polar surface area (TPSA) is 122 Å². The number of hydrogen-bond acceptors (Lipinski definition) is 7. The Morgan fingerprint density at radius 3 is 2.03 bits per heavy atom.